The highest BCUT2D eigenvalue weighted by Crippen LogP contribution is 2.44. The van der Waals surface area contributed by atoms with Crippen LogP contribution in [0.5, 0.6) is 0 Å². The molecule has 3 nitrogen and oxygen atoms in total. The molecule has 0 radical (unpaired) electrons. The Balaban J connectivity index is 1.85. The van der Waals surface area contributed by atoms with Crippen LogP contribution in [0.25, 0.3) is 0 Å². The predicted molar refractivity (Wildman–Crippen MR) is 113 cm³/mol. The lowest BCUT2D eigenvalue weighted by atomic mass is 10.00. The van der Waals surface area contributed by atoms with Gasteiger partial charge < -0.3 is 10.2 Å². The third-order valence-corrected chi connectivity index (χ3v) is 6.44. The Morgan fingerprint density at radius 2 is 1.88 bits per heavy atom. The van der Waals surface area contributed by atoms with Crippen molar-refractivity contribution in [3.8, 4) is 0 Å². The second kappa shape index (κ2) is 6.82. The highest BCUT2D eigenvalue weighted by atomic mass is 32.1. The summed E-state index contributed by atoms with van der Waals surface area (Å²) in [5, 5.41) is 6.42. The largest absolute Gasteiger partial charge is 0.351 e. The lowest BCUT2D eigenvalue weighted by Gasteiger charge is -2.28. The minimum atomic E-state index is 0.0302. The molecule has 5 heteroatoms. The monoisotopic (exact) mass is 379 g/mol. The Kier molecular flexibility index (Phi) is 4.51. The van der Waals surface area contributed by atoms with Gasteiger partial charge in [-0.05, 0) is 85.4 Å². The van der Waals surface area contributed by atoms with E-state index in [-0.39, 0.29) is 12.1 Å². The summed E-state index contributed by atoms with van der Waals surface area (Å²) in [5.41, 5.74) is 5.99. The molecule has 132 valence electrons. The fraction of sp³-hybridized carbons (Fsp3) is 0.238. The van der Waals surface area contributed by atoms with E-state index in [0.717, 1.165) is 16.5 Å². The van der Waals surface area contributed by atoms with Crippen molar-refractivity contribution in [3.63, 3.8) is 0 Å². The molecule has 3 heterocycles. The third-order valence-electron chi connectivity index (χ3n) is 5.04. The molecule has 2 aromatic heterocycles. The van der Waals surface area contributed by atoms with Crippen LogP contribution in [0, 0.1) is 20.8 Å². The first-order valence-corrected chi connectivity index (χ1v) is 9.97. The normalized spacial score (nSPS) is 19.7. The van der Waals surface area contributed by atoms with Crippen molar-refractivity contribution in [2.75, 3.05) is 4.90 Å². The smallest absolute Gasteiger partial charge is 0.174 e. The molecule has 0 saturated carbocycles. The Morgan fingerprint density at radius 1 is 1.04 bits per heavy atom. The Morgan fingerprint density at radius 3 is 2.54 bits per heavy atom. The van der Waals surface area contributed by atoms with Crippen molar-refractivity contribution < 1.29 is 0 Å². The maximum absolute atomic E-state index is 5.76. The van der Waals surface area contributed by atoms with Crippen molar-refractivity contribution in [2.24, 2.45) is 0 Å². The average molecular weight is 380 g/mol. The van der Waals surface area contributed by atoms with Crippen molar-refractivity contribution in [2.45, 2.75) is 32.9 Å². The predicted octanol–water partition coefficient (Wildman–Crippen LogP) is 5.25. The van der Waals surface area contributed by atoms with E-state index in [4.69, 9.17) is 12.2 Å². The number of thiocarbonyl (C=S) groups is 1. The van der Waals surface area contributed by atoms with Gasteiger partial charge in [-0.3, -0.25) is 4.98 Å². The summed E-state index contributed by atoms with van der Waals surface area (Å²) in [6, 6.07) is 14.9. The van der Waals surface area contributed by atoms with E-state index < -0.39 is 0 Å². The molecule has 0 bridgehead atoms. The molecular formula is C21H21N3S2. The maximum atomic E-state index is 5.76. The Labute approximate surface area is 163 Å². The van der Waals surface area contributed by atoms with Gasteiger partial charge >= 0.3 is 0 Å². The second-order valence-corrected chi connectivity index (χ2v) is 8.07. The number of aryl methyl sites for hydroxylation is 3. The zero-order valence-electron chi connectivity index (χ0n) is 15.1. The number of hydrogen-bond donors (Lipinski definition) is 1. The number of thiophene rings is 1. The van der Waals surface area contributed by atoms with Gasteiger partial charge in [0.15, 0.2) is 5.11 Å². The van der Waals surface area contributed by atoms with Gasteiger partial charge in [0.05, 0.1) is 17.8 Å². The van der Waals surface area contributed by atoms with Crippen LogP contribution < -0.4 is 10.2 Å². The summed E-state index contributed by atoms with van der Waals surface area (Å²) >= 11 is 7.55. The fourth-order valence-electron chi connectivity index (χ4n) is 3.46. The van der Waals surface area contributed by atoms with Gasteiger partial charge in [0.2, 0.25) is 0 Å². The summed E-state index contributed by atoms with van der Waals surface area (Å²) in [6.07, 6.45) is 1.84. The first-order chi connectivity index (χ1) is 12.6. The van der Waals surface area contributed by atoms with Gasteiger partial charge in [-0.2, -0.15) is 0 Å². The van der Waals surface area contributed by atoms with Crippen LogP contribution in [-0.4, -0.2) is 10.1 Å². The van der Waals surface area contributed by atoms with E-state index in [2.05, 4.69) is 71.7 Å². The first-order valence-electron chi connectivity index (χ1n) is 8.68. The summed E-state index contributed by atoms with van der Waals surface area (Å²) < 4.78 is 0. The van der Waals surface area contributed by atoms with Crippen LogP contribution in [0.2, 0.25) is 0 Å². The van der Waals surface area contributed by atoms with E-state index in [1.54, 1.807) is 11.3 Å². The molecule has 1 saturated heterocycles. The summed E-state index contributed by atoms with van der Waals surface area (Å²) in [5.74, 6) is 0. The van der Waals surface area contributed by atoms with Crippen molar-refractivity contribution in [3.05, 3.63) is 81.3 Å². The van der Waals surface area contributed by atoms with Gasteiger partial charge in [-0.1, -0.05) is 12.1 Å². The SMILES string of the molecule is Cc1ccc(N2C(=S)N[C@H](c3ccccn3)[C@H]2c2sccc2C)cc1C. The fourth-order valence-corrected chi connectivity index (χ4v) is 4.86. The Bertz CT molecular complexity index is 949. The topological polar surface area (TPSA) is 28.2 Å². The van der Waals surface area contributed by atoms with Crippen LogP contribution in [0.3, 0.4) is 0 Å². The molecule has 1 fully saturated rings. The van der Waals surface area contributed by atoms with E-state index in [9.17, 15) is 0 Å². The molecule has 1 aliphatic rings. The molecule has 4 rings (SSSR count). The molecular weight excluding hydrogens is 358 g/mol. The van der Waals surface area contributed by atoms with Crippen LogP contribution in [0.1, 0.15) is 39.3 Å². The standard InChI is InChI=1S/C21H21N3S2/c1-13-7-8-16(12-15(13)3)24-19(20-14(2)9-11-26-20)18(23-21(24)25)17-6-4-5-10-22-17/h4-12,18-19H,1-3H3,(H,23,25)/t18-,19+/m1/s1. The zero-order chi connectivity index (χ0) is 18.3. The second-order valence-electron chi connectivity index (χ2n) is 6.73. The molecule has 3 aromatic rings. The van der Waals surface area contributed by atoms with Crippen LogP contribution >= 0.6 is 23.6 Å². The highest BCUT2D eigenvalue weighted by molar-refractivity contribution is 7.80. The maximum Gasteiger partial charge on any atom is 0.174 e. The molecule has 0 amide bonds. The molecule has 26 heavy (non-hydrogen) atoms. The number of aromatic nitrogens is 1. The summed E-state index contributed by atoms with van der Waals surface area (Å²) in [4.78, 5) is 8.18. The van der Waals surface area contributed by atoms with Crippen molar-refractivity contribution in [1.82, 2.24) is 10.3 Å². The highest BCUT2D eigenvalue weighted by Gasteiger charge is 2.41. The van der Waals surface area contributed by atoms with Crippen molar-refractivity contribution in [1.29, 1.82) is 0 Å². The van der Waals surface area contributed by atoms with E-state index in [1.165, 1.54) is 21.6 Å². The number of nitrogens with one attached hydrogen (secondary N) is 1. The molecule has 0 aliphatic carbocycles. The number of rotatable bonds is 3. The quantitative estimate of drug-likeness (QED) is 0.630. The van der Waals surface area contributed by atoms with Crippen LogP contribution in [0.4, 0.5) is 5.69 Å². The van der Waals surface area contributed by atoms with Gasteiger partial charge in [0.1, 0.15) is 0 Å². The zero-order valence-corrected chi connectivity index (χ0v) is 16.7. The minimum Gasteiger partial charge on any atom is -0.351 e. The molecule has 2 atom stereocenters. The summed E-state index contributed by atoms with van der Waals surface area (Å²) in [6.45, 7) is 6.45. The van der Waals surface area contributed by atoms with Gasteiger partial charge in [0, 0.05) is 16.8 Å². The van der Waals surface area contributed by atoms with Crippen molar-refractivity contribution >= 4 is 34.4 Å². The van der Waals surface area contributed by atoms with E-state index in [0.29, 0.717) is 0 Å². The molecule has 1 aliphatic heterocycles. The number of anilines is 1. The van der Waals surface area contributed by atoms with Gasteiger partial charge in [-0.25, -0.2) is 0 Å². The number of hydrogen-bond acceptors (Lipinski definition) is 3. The number of nitrogens with zero attached hydrogens (tertiary/aromatic N) is 2. The lowest BCUT2D eigenvalue weighted by Crippen LogP contribution is -2.29. The molecule has 0 unspecified atom stereocenters. The average Bonchev–Trinajstić information content (AvgIpc) is 3.21. The molecule has 1 N–H and O–H groups in total. The number of benzene rings is 1. The Hall–Kier alpha value is -2.24. The third kappa shape index (κ3) is 2.91. The molecule has 1 aromatic carbocycles. The number of pyridine rings is 1. The van der Waals surface area contributed by atoms with Gasteiger partial charge in [-0.15, -0.1) is 11.3 Å². The van der Waals surface area contributed by atoms with E-state index in [1.807, 2.05) is 18.3 Å². The first kappa shape index (κ1) is 17.2. The van der Waals surface area contributed by atoms with E-state index >= 15 is 0 Å². The van der Waals surface area contributed by atoms with Crippen LogP contribution in [0.15, 0.2) is 54.0 Å². The minimum absolute atomic E-state index is 0.0302. The van der Waals surface area contributed by atoms with Gasteiger partial charge in [0.25, 0.3) is 0 Å². The summed E-state index contributed by atoms with van der Waals surface area (Å²) in [7, 11) is 0. The van der Waals surface area contributed by atoms with Crippen LogP contribution in [-0.2, 0) is 0 Å². The lowest BCUT2D eigenvalue weighted by molar-refractivity contribution is 0.573. The molecule has 0 spiro atoms.